The number of ketones is 1. The highest BCUT2D eigenvalue weighted by atomic mass is 16.7. The average Bonchev–Trinajstić information content (AvgIpc) is 3.26. The number of fused-ring (bicyclic) bond motifs is 1. The van der Waals surface area contributed by atoms with Crippen molar-refractivity contribution in [3.05, 3.63) is 59.7 Å². The van der Waals surface area contributed by atoms with Gasteiger partial charge in [0, 0.05) is 19.5 Å². The Morgan fingerprint density at radius 2 is 1.72 bits per heavy atom. The van der Waals surface area contributed by atoms with Crippen LogP contribution in [0.3, 0.4) is 0 Å². The van der Waals surface area contributed by atoms with Crippen LogP contribution in [-0.2, 0) is 20.7 Å². The lowest BCUT2D eigenvalue weighted by atomic mass is 10.0. The molecule has 1 heterocycles. The largest absolute Gasteiger partial charge is 0.454 e. The number of Topliss-reactive ketones (excluding diaryl/α,β-unsaturated/α-hetero) is 1. The molecule has 3 atom stereocenters. The van der Waals surface area contributed by atoms with E-state index in [1.807, 2.05) is 30.3 Å². The number of esters is 1. The number of likely N-dealkylation sites (N-methyl/N-ethyl adjacent to an activating group) is 1. The van der Waals surface area contributed by atoms with Gasteiger partial charge in [0.25, 0.3) is 0 Å². The zero-order chi connectivity index (χ0) is 23.3. The minimum absolute atomic E-state index is 0.0976. The van der Waals surface area contributed by atoms with Crippen LogP contribution in [-0.4, -0.2) is 55.0 Å². The van der Waals surface area contributed by atoms with Gasteiger partial charge in [-0.15, -0.1) is 0 Å². The zero-order valence-corrected chi connectivity index (χ0v) is 18.1. The summed E-state index contributed by atoms with van der Waals surface area (Å²) in [6, 6.07) is 12.3. The maximum atomic E-state index is 12.8. The summed E-state index contributed by atoms with van der Waals surface area (Å²) in [6.45, 7) is 3.07. The molecule has 1 aliphatic heterocycles. The van der Waals surface area contributed by atoms with Gasteiger partial charge in [-0.25, -0.2) is 4.79 Å². The highest BCUT2D eigenvalue weighted by Crippen LogP contribution is 2.33. The molecule has 9 heteroatoms. The molecule has 9 nitrogen and oxygen atoms in total. The first-order valence-corrected chi connectivity index (χ1v) is 10.1. The van der Waals surface area contributed by atoms with E-state index >= 15 is 0 Å². The van der Waals surface area contributed by atoms with Crippen LogP contribution < -0.4 is 15.2 Å². The lowest BCUT2D eigenvalue weighted by Gasteiger charge is -2.25. The molecule has 0 aliphatic carbocycles. The van der Waals surface area contributed by atoms with Crippen LogP contribution >= 0.6 is 0 Å². The molecule has 170 valence electrons. The molecule has 3 rings (SSSR count). The Kier molecular flexibility index (Phi) is 7.32. The molecule has 3 unspecified atom stereocenters. The van der Waals surface area contributed by atoms with Crippen LogP contribution in [0.2, 0.25) is 0 Å². The Hall–Kier alpha value is -3.59. The molecule has 0 fully saturated rings. The van der Waals surface area contributed by atoms with Crippen LogP contribution in [0.15, 0.2) is 48.5 Å². The van der Waals surface area contributed by atoms with Crippen LogP contribution in [0, 0.1) is 0 Å². The van der Waals surface area contributed by atoms with Crippen molar-refractivity contribution in [3.8, 4) is 11.5 Å². The van der Waals surface area contributed by atoms with Crippen molar-refractivity contribution in [1.29, 1.82) is 0 Å². The number of ether oxygens (including phenoxy) is 4. The summed E-state index contributed by atoms with van der Waals surface area (Å²) in [5, 5.41) is 0. The maximum absolute atomic E-state index is 12.8. The summed E-state index contributed by atoms with van der Waals surface area (Å²) in [5.41, 5.74) is 7.14. The van der Waals surface area contributed by atoms with Gasteiger partial charge in [0.1, 0.15) is 6.04 Å². The number of rotatable bonds is 8. The highest BCUT2D eigenvalue weighted by Gasteiger charge is 2.28. The number of hydrogen-bond donors (Lipinski definition) is 1. The molecule has 0 bridgehead atoms. The fourth-order valence-corrected chi connectivity index (χ4v) is 3.08. The average molecular weight is 442 g/mol. The molecule has 1 aliphatic rings. The topological polar surface area (TPSA) is 117 Å². The number of hydrogen-bond acceptors (Lipinski definition) is 8. The Labute approximate surface area is 186 Å². The van der Waals surface area contributed by atoms with Gasteiger partial charge in [0.05, 0.1) is 6.04 Å². The van der Waals surface area contributed by atoms with Crippen molar-refractivity contribution in [2.24, 2.45) is 5.73 Å². The van der Waals surface area contributed by atoms with E-state index in [-0.39, 0.29) is 12.6 Å². The van der Waals surface area contributed by atoms with E-state index in [1.54, 1.807) is 25.1 Å². The van der Waals surface area contributed by atoms with Gasteiger partial charge in [-0.1, -0.05) is 30.3 Å². The van der Waals surface area contributed by atoms with Gasteiger partial charge in [0.2, 0.25) is 13.1 Å². The standard InChI is InChI=1S/C23H26N2O7/c1-14(21(26)17-9-10-19-20(12-17)30-13-29-19)25(3)23(28)32-15(2)31-22(27)18(24)11-16-7-5-4-6-8-16/h4-10,12,14-15,18H,11,13,24H2,1-3H3. The van der Waals surface area contributed by atoms with Gasteiger partial charge in [-0.05, 0) is 37.1 Å². The van der Waals surface area contributed by atoms with E-state index in [2.05, 4.69) is 0 Å². The molecule has 2 aromatic rings. The van der Waals surface area contributed by atoms with Crippen molar-refractivity contribution in [1.82, 2.24) is 4.90 Å². The lowest BCUT2D eigenvalue weighted by Crippen LogP contribution is -2.43. The third kappa shape index (κ3) is 5.55. The second-order valence-corrected chi connectivity index (χ2v) is 7.40. The van der Waals surface area contributed by atoms with Crippen molar-refractivity contribution < 1.29 is 33.3 Å². The van der Waals surface area contributed by atoms with Crippen molar-refractivity contribution in [2.45, 2.75) is 38.6 Å². The Morgan fingerprint density at radius 1 is 1.03 bits per heavy atom. The third-order valence-corrected chi connectivity index (χ3v) is 5.06. The molecule has 2 N–H and O–H groups in total. The van der Waals surface area contributed by atoms with E-state index in [1.165, 1.54) is 14.0 Å². The molecule has 0 saturated carbocycles. The van der Waals surface area contributed by atoms with E-state index in [0.29, 0.717) is 23.5 Å². The van der Waals surface area contributed by atoms with E-state index in [0.717, 1.165) is 10.5 Å². The SMILES string of the molecule is CC(OC(=O)C(N)Cc1ccccc1)OC(=O)N(C)C(C)C(=O)c1ccc2c(c1)OCO2. The monoisotopic (exact) mass is 442 g/mol. The number of nitrogens with zero attached hydrogens (tertiary/aromatic N) is 1. The number of nitrogens with two attached hydrogens (primary N) is 1. The van der Waals surface area contributed by atoms with Gasteiger partial charge < -0.3 is 29.6 Å². The quantitative estimate of drug-likeness (QED) is 0.376. The highest BCUT2D eigenvalue weighted by molar-refractivity contribution is 6.01. The van der Waals surface area contributed by atoms with Gasteiger partial charge in [-0.3, -0.25) is 9.59 Å². The summed E-state index contributed by atoms with van der Waals surface area (Å²) in [4.78, 5) is 38.5. The first-order chi connectivity index (χ1) is 15.3. The Bertz CT molecular complexity index is 980. The lowest BCUT2D eigenvalue weighted by molar-refractivity contribution is -0.167. The summed E-state index contributed by atoms with van der Waals surface area (Å²) in [5.74, 6) is 0.0299. The Morgan fingerprint density at radius 3 is 2.44 bits per heavy atom. The Balaban J connectivity index is 1.51. The number of carbonyl (C=O) groups is 3. The summed E-state index contributed by atoms with van der Waals surface area (Å²) in [7, 11) is 1.42. The molecule has 0 radical (unpaired) electrons. The minimum Gasteiger partial charge on any atom is -0.454 e. The zero-order valence-electron chi connectivity index (χ0n) is 18.1. The first kappa shape index (κ1) is 23.1. The summed E-state index contributed by atoms with van der Waals surface area (Å²) < 4.78 is 20.8. The van der Waals surface area contributed by atoms with Crippen LogP contribution in [0.5, 0.6) is 11.5 Å². The van der Waals surface area contributed by atoms with E-state index in [9.17, 15) is 14.4 Å². The normalized spacial score (nSPS) is 14.8. The van der Waals surface area contributed by atoms with E-state index < -0.39 is 30.4 Å². The summed E-state index contributed by atoms with van der Waals surface area (Å²) >= 11 is 0. The smallest absolute Gasteiger partial charge is 0.413 e. The first-order valence-electron chi connectivity index (χ1n) is 10.1. The predicted molar refractivity (Wildman–Crippen MR) is 114 cm³/mol. The maximum Gasteiger partial charge on any atom is 0.413 e. The number of benzene rings is 2. The van der Waals surface area contributed by atoms with Crippen molar-refractivity contribution in [2.75, 3.05) is 13.8 Å². The van der Waals surface area contributed by atoms with Crippen LogP contribution in [0.1, 0.15) is 29.8 Å². The predicted octanol–water partition coefficient (Wildman–Crippen LogP) is 2.51. The fourth-order valence-electron chi connectivity index (χ4n) is 3.08. The molecule has 0 aromatic heterocycles. The van der Waals surface area contributed by atoms with E-state index in [4.69, 9.17) is 24.7 Å². The molecule has 1 amide bonds. The fraction of sp³-hybridized carbons (Fsp3) is 0.348. The second kappa shape index (κ2) is 10.1. The van der Waals surface area contributed by atoms with Crippen molar-refractivity contribution in [3.63, 3.8) is 0 Å². The van der Waals surface area contributed by atoms with Crippen molar-refractivity contribution >= 4 is 17.8 Å². The third-order valence-electron chi connectivity index (χ3n) is 5.06. The molecule has 0 spiro atoms. The second-order valence-electron chi connectivity index (χ2n) is 7.40. The van der Waals surface area contributed by atoms with Crippen LogP contribution in [0.4, 0.5) is 4.79 Å². The molecule has 2 aromatic carbocycles. The summed E-state index contributed by atoms with van der Waals surface area (Å²) in [6.07, 6.45) is -1.70. The van der Waals surface area contributed by atoms with Gasteiger partial charge in [0.15, 0.2) is 17.3 Å². The van der Waals surface area contributed by atoms with Gasteiger partial charge in [-0.2, -0.15) is 0 Å². The molecular weight excluding hydrogens is 416 g/mol. The van der Waals surface area contributed by atoms with Crippen LogP contribution in [0.25, 0.3) is 0 Å². The minimum atomic E-state index is -1.17. The molecule has 0 saturated heterocycles. The molecule has 32 heavy (non-hydrogen) atoms. The number of amides is 1. The molecular formula is C23H26N2O7. The van der Waals surface area contributed by atoms with Gasteiger partial charge >= 0.3 is 12.1 Å². The number of carbonyl (C=O) groups excluding carboxylic acids is 3.